The minimum atomic E-state index is -0.543. The van der Waals surface area contributed by atoms with Crippen LogP contribution in [0.25, 0.3) is 20.7 Å². The number of hydrogen-bond donors (Lipinski definition) is 0. The molecule has 4 aromatic rings. The summed E-state index contributed by atoms with van der Waals surface area (Å²) >= 11 is 3.09. The predicted molar refractivity (Wildman–Crippen MR) is 110 cm³/mol. The Bertz CT molecular complexity index is 1180. The number of esters is 1. The molecule has 0 atom stereocenters. The van der Waals surface area contributed by atoms with Gasteiger partial charge in [0, 0.05) is 22.2 Å². The Kier molecular flexibility index (Phi) is 5.15. The first kappa shape index (κ1) is 18.6. The number of rotatable bonds is 6. The fourth-order valence-corrected chi connectivity index (χ4v) is 4.86. The zero-order valence-corrected chi connectivity index (χ0v) is 17.1. The second kappa shape index (κ2) is 7.73. The molecule has 0 aromatic carbocycles. The maximum Gasteiger partial charge on any atom is 0.373 e. The van der Waals surface area contributed by atoms with Crippen molar-refractivity contribution in [1.29, 1.82) is 0 Å². The fraction of sp³-hybridized carbons (Fsp3) is 0.250. The highest BCUT2D eigenvalue weighted by atomic mass is 32.1. The third kappa shape index (κ3) is 3.29. The van der Waals surface area contributed by atoms with Crippen molar-refractivity contribution in [3.63, 3.8) is 0 Å². The van der Waals surface area contributed by atoms with E-state index < -0.39 is 5.97 Å². The molecule has 144 valence electrons. The average molecular weight is 415 g/mol. The maximum atomic E-state index is 13.4. The quantitative estimate of drug-likeness (QED) is 0.432. The molecule has 0 aliphatic rings. The van der Waals surface area contributed by atoms with E-state index in [9.17, 15) is 9.59 Å². The van der Waals surface area contributed by atoms with Gasteiger partial charge in [0.05, 0.1) is 19.0 Å². The first-order chi connectivity index (χ1) is 13.6. The van der Waals surface area contributed by atoms with E-state index in [1.807, 2.05) is 22.9 Å². The van der Waals surface area contributed by atoms with E-state index in [0.29, 0.717) is 17.6 Å². The third-order valence-corrected chi connectivity index (χ3v) is 6.17. The van der Waals surface area contributed by atoms with Crippen LogP contribution in [0.15, 0.2) is 44.2 Å². The number of aryl methyl sites for hydroxylation is 1. The molecular formula is C20H18N2O4S2. The first-order valence-corrected chi connectivity index (χ1v) is 10.6. The Hall–Kier alpha value is -2.71. The number of nitrogens with zero attached hydrogens (tertiary/aromatic N) is 2. The van der Waals surface area contributed by atoms with Crippen molar-refractivity contribution in [1.82, 2.24) is 9.55 Å². The van der Waals surface area contributed by atoms with Gasteiger partial charge in [-0.05, 0) is 30.0 Å². The molecule has 0 saturated heterocycles. The van der Waals surface area contributed by atoms with Gasteiger partial charge in [0.25, 0.3) is 5.56 Å². The van der Waals surface area contributed by atoms with Gasteiger partial charge in [0.1, 0.15) is 16.4 Å². The summed E-state index contributed by atoms with van der Waals surface area (Å²) in [6, 6.07) is 7.22. The Morgan fingerprint density at radius 3 is 2.86 bits per heavy atom. The van der Waals surface area contributed by atoms with Crippen molar-refractivity contribution >= 4 is 38.9 Å². The number of thiophene rings is 2. The summed E-state index contributed by atoms with van der Waals surface area (Å²) < 4.78 is 11.9. The van der Waals surface area contributed by atoms with Crippen molar-refractivity contribution < 1.29 is 13.9 Å². The van der Waals surface area contributed by atoms with Gasteiger partial charge in [-0.1, -0.05) is 13.0 Å². The van der Waals surface area contributed by atoms with E-state index in [1.54, 1.807) is 28.0 Å². The fourth-order valence-electron chi connectivity index (χ4n) is 3.09. The van der Waals surface area contributed by atoms with Crippen molar-refractivity contribution in [2.45, 2.75) is 26.3 Å². The van der Waals surface area contributed by atoms with E-state index in [2.05, 4.69) is 11.7 Å². The van der Waals surface area contributed by atoms with E-state index in [4.69, 9.17) is 9.40 Å². The van der Waals surface area contributed by atoms with Crippen molar-refractivity contribution in [2.24, 2.45) is 0 Å². The van der Waals surface area contributed by atoms with Gasteiger partial charge in [-0.3, -0.25) is 9.36 Å². The molecule has 4 aromatic heterocycles. The van der Waals surface area contributed by atoms with Crippen molar-refractivity contribution in [2.75, 3.05) is 7.11 Å². The molecule has 0 spiro atoms. The minimum absolute atomic E-state index is 0.0888. The van der Waals surface area contributed by atoms with Crippen LogP contribution >= 0.6 is 22.7 Å². The number of ether oxygens (including phenoxy) is 1. The molecule has 0 aliphatic heterocycles. The first-order valence-electron chi connectivity index (χ1n) is 8.84. The zero-order valence-electron chi connectivity index (χ0n) is 15.4. The monoisotopic (exact) mass is 414 g/mol. The van der Waals surface area contributed by atoms with E-state index >= 15 is 0 Å². The van der Waals surface area contributed by atoms with Crippen LogP contribution in [0.3, 0.4) is 0 Å². The molecule has 0 fully saturated rings. The second-order valence-electron chi connectivity index (χ2n) is 6.23. The average Bonchev–Trinajstić information content (AvgIpc) is 3.44. The normalized spacial score (nSPS) is 11.2. The Morgan fingerprint density at radius 2 is 2.14 bits per heavy atom. The zero-order chi connectivity index (χ0) is 19.7. The molecule has 4 heterocycles. The molecule has 8 heteroatoms. The van der Waals surface area contributed by atoms with Crippen molar-refractivity contribution in [3.8, 4) is 10.4 Å². The second-order valence-corrected chi connectivity index (χ2v) is 8.04. The Labute approximate surface area is 169 Å². The molecule has 0 radical (unpaired) electrons. The number of fused-ring (bicyclic) bond motifs is 1. The van der Waals surface area contributed by atoms with E-state index in [0.717, 1.165) is 27.5 Å². The summed E-state index contributed by atoms with van der Waals surface area (Å²) in [4.78, 5) is 31.6. The number of furan rings is 1. The summed E-state index contributed by atoms with van der Waals surface area (Å²) in [6.07, 6.45) is 1.55. The lowest BCUT2D eigenvalue weighted by atomic mass is 10.2. The molecule has 0 bridgehead atoms. The number of hydrogen-bond acceptors (Lipinski definition) is 7. The van der Waals surface area contributed by atoms with Gasteiger partial charge < -0.3 is 9.15 Å². The van der Waals surface area contributed by atoms with Crippen LogP contribution in [0.2, 0.25) is 0 Å². The highest BCUT2D eigenvalue weighted by molar-refractivity contribution is 7.18. The largest absolute Gasteiger partial charge is 0.463 e. The van der Waals surface area contributed by atoms with Crippen LogP contribution in [0.5, 0.6) is 0 Å². The van der Waals surface area contributed by atoms with Crippen LogP contribution in [-0.4, -0.2) is 22.6 Å². The molecule has 0 aliphatic carbocycles. The third-order valence-electron chi connectivity index (χ3n) is 4.40. The summed E-state index contributed by atoms with van der Waals surface area (Å²) in [5.74, 6) is 0.801. The molecule has 28 heavy (non-hydrogen) atoms. The van der Waals surface area contributed by atoms with Crippen LogP contribution < -0.4 is 5.56 Å². The standard InChI is InChI=1S/C20H18N2O4S2/c1-3-5-16-21-18-17(13(11-28-18)15-6-4-9-27-15)19(23)22(16)10-12-7-8-14(26-12)20(24)25-2/h4,6-9,11H,3,5,10H2,1-2H3. The van der Waals surface area contributed by atoms with E-state index in [1.165, 1.54) is 18.4 Å². The molecule has 0 amide bonds. The predicted octanol–water partition coefficient (Wildman–Crippen LogP) is 4.57. The number of carbonyl (C=O) groups is 1. The molecular weight excluding hydrogens is 396 g/mol. The Balaban J connectivity index is 1.83. The minimum Gasteiger partial charge on any atom is -0.463 e. The smallest absolute Gasteiger partial charge is 0.373 e. The highest BCUT2D eigenvalue weighted by Crippen LogP contribution is 2.33. The Morgan fingerprint density at radius 1 is 1.29 bits per heavy atom. The SMILES string of the molecule is CCCc1nc2scc(-c3cccs3)c2c(=O)n1Cc1ccc(C(=O)OC)o1. The summed E-state index contributed by atoms with van der Waals surface area (Å²) in [7, 11) is 1.30. The summed E-state index contributed by atoms with van der Waals surface area (Å²) in [6.45, 7) is 2.27. The van der Waals surface area contributed by atoms with Gasteiger partial charge in [-0.25, -0.2) is 9.78 Å². The van der Waals surface area contributed by atoms with Crippen LogP contribution in [0, 0.1) is 0 Å². The molecule has 4 rings (SSSR count). The highest BCUT2D eigenvalue weighted by Gasteiger charge is 2.19. The van der Waals surface area contributed by atoms with Gasteiger partial charge >= 0.3 is 5.97 Å². The molecule has 0 N–H and O–H groups in total. The summed E-state index contributed by atoms with van der Waals surface area (Å²) in [5, 5.41) is 4.62. The maximum absolute atomic E-state index is 13.4. The summed E-state index contributed by atoms with van der Waals surface area (Å²) in [5.41, 5.74) is 0.827. The van der Waals surface area contributed by atoms with Crippen LogP contribution in [0.1, 0.15) is 35.5 Å². The van der Waals surface area contributed by atoms with Gasteiger partial charge in [0.2, 0.25) is 5.76 Å². The molecule has 0 saturated carbocycles. The van der Waals surface area contributed by atoms with Crippen LogP contribution in [-0.2, 0) is 17.7 Å². The van der Waals surface area contributed by atoms with Gasteiger partial charge in [-0.2, -0.15) is 0 Å². The number of carbonyl (C=O) groups excluding carboxylic acids is 1. The lowest BCUT2D eigenvalue weighted by Gasteiger charge is -2.11. The van der Waals surface area contributed by atoms with E-state index in [-0.39, 0.29) is 17.9 Å². The number of methoxy groups -OCH3 is 1. The van der Waals surface area contributed by atoms with Gasteiger partial charge in [0.15, 0.2) is 0 Å². The lowest BCUT2D eigenvalue weighted by molar-refractivity contribution is 0.0563. The number of aromatic nitrogens is 2. The molecule has 0 unspecified atom stereocenters. The van der Waals surface area contributed by atoms with Gasteiger partial charge in [-0.15, -0.1) is 22.7 Å². The van der Waals surface area contributed by atoms with Crippen LogP contribution in [0.4, 0.5) is 0 Å². The lowest BCUT2D eigenvalue weighted by Crippen LogP contribution is -2.25. The topological polar surface area (TPSA) is 74.3 Å². The van der Waals surface area contributed by atoms with Crippen molar-refractivity contribution in [3.05, 3.63) is 62.7 Å². The molecule has 6 nitrogen and oxygen atoms in total.